The third-order valence-electron chi connectivity index (χ3n) is 4.57. The smallest absolute Gasteiger partial charge is 0.339 e. The first-order valence-electron chi connectivity index (χ1n) is 9.59. The Hall–Kier alpha value is -2.64. The molecule has 0 bridgehead atoms. The average molecular weight is 430 g/mol. The lowest BCUT2D eigenvalue weighted by molar-refractivity contribution is -0.118. The van der Waals surface area contributed by atoms with Crippen molar-refractivity contribution < 1.29 is 23.9 Å². The molecule has 0 saturated heterocycles. The maximum Gasteiger partial charge on any atom is 0.339 e. The number of ether oxygens (including phenoxy) is 2. The molecule has 2 rings (SSSR count). The van der Waals surface area contributed by atoms with Crippen molar-refractivity contribution in [2.24, 2.45) is 0 Å². The molecule has 0 radical (unpaired) electrons. The lowest BCUT2D eigenvalue weighted by atomic mass is 9.98. The van der Waals surface area contributed by atoms with Gasteiger partial charge in [-0.05, 0) is 55.7 Å². The predicted molar refractivity (Wildman–Crippen MR) is 117 cm³/mol. The summed E-state index contributed by atoms with van der Waals surface area (Å²) in [6.45, 7) is 6.33. The van der Waals surface area contributed by atoms with Crippen LogP contribution in [0.1, 0.15) is 37.4 Å². The Labute approximate surface area is 181 Å². The number of hydrogen-bond donors (Lipinski definition) is 1. The molecule has 0 aliphatic rings. The number of carbonyl (C=O) groups is 3. The number of ketones is 1. The van der Waals surface area contributed by atoms with Crippen LogP contribution in [0.15, 0.2) is 41.3 Å². The quantitative estimate of drug-likeness (QED) is 0.269. The Kier molecular flexibility index (Phi) is 9.08. The highest BCUT2D eigenvalue weighted by atomic mass is 32.2. The van der Waals surface area contributed by atoms with Crippen molar-refractivity contribution in [1.29, 1.82) is 0 Å². The summed E-state index contributed by atoms with van der Waals surface area (Å²) in [4.78, 5) is 37.6. The number of aryl methyl sites for hydroxylation is 3. The van der Waals surface area contributed by atoms with E-state index in [0.29, 0.717) is 29.2 Å². The zero-order chi connectivity index (χ0) is 22.1. The van der Waals surface area contributed by atoms with Gasteiger partial charge in [-0.25, -0.2) is 4.79 Å². The Morgan fingerprint density at radius 3 is 2.40 bits per heavy atom. The molecule has 160 valence electrons. The molecule has 6 nitrogen and oxygen atoms in total. The molecule has 0 aromatic heterocycles. The van der Waals surface area contributed by atoms with Gasteiger partial charge in [-0.1, -0.05) is 18.2 Å². The molecular formula is C23H27NO5S. The van der Waals surface area contributed by atoms with E-state index >= 15 is 0 Å². The van der Waals surface area contributed by atoms with Crippen molar-refractivity contribution in [3.63, 3.8) is 0 Å². The summed E-state index contributed by atoms with van der Waals surface area (Å²) >= 11 is 1.24. The molecule has 30 heavy (non-hydrogen) atoms. The maximum atomic E-state index is 12.6. The molecule has 1 N–H and O–H groups in total. The summed E-state index contributed by atoms with van der Waals surface area (Å²) in [6.07, 6.45) is 0. The van der Waals surface area contributed by atoms with E-state index in [1.165, 1.54) is 11.8 Å². The van der Waals surface area contributed by atoms with Gasteiger partial charge in [0.2, 0.25) is 11.7 Å². The minimum atomic E-state index is -0.590. The Bertz CT molecular complexity index is 926. The number of methoxy groups -OCH3 is 1. The Morgan fingerprint density at radius 2 is 1.67 bits per heavy atom. The normalized spacial score (nSPS) is 10.5. The van der Waals surface area contributed by atoms with Crippen molar-refractivity contribution >= 4 is 29.4 Å². The summed E-state index contributed by atoms with van der Waals surface area (Å²) in [5, 5.41) is 2.73. The van der Waals surface area contributed by atoms with Gasteiger partial charge in [0.05, 0.1) is 17.9 Å². The highest BCUT2D eigenvalue weighted by Gasteiger charge is 2.17. The summed E-state index contributed by atoms with van der Waals surface area (Å²) in [7, 11) is 1.56. The first kappa shape index (κ1) is 23.6. The number of benzene rings is 2. The number of Topliss-reactive ketones (excluding diaryl/α,β-unsaturated/α-hetero) is 1. The van der Waals surface area contributed by atoms with Gasteiger partial charge in [0.25, 0.3) is 0 Å². The van der Waals surface area contributed by atoms with Gasteiger partial charge < -0.3 is 14.8 Å². The molecule has 0 atom stereocenters. The lowest BCUT2D eigenvalue weighted by Crippen LogP contribution is -2.28. The first-order chi connectivity index (χ1) is 14.3. The SMILES string of the molecule is COCCNC(=O)CSc1ccccc1C(=O)OCC(=O)c1cc(C)c(C)cc1C. The zero-order valence-corrected chi connectivity index (χ0v) is 18.6. The Morgan fingerprint density at radius 1 is 0.967 bits per heavy atom. The molecule has 2 aromatic carbocycles. The highest BCUT2D eigenvalue weighted by Crippen LogP contribution is 2.23. The van der Waals surface area contributed by atoms with Crippen LogP contribution >= 0.6 is 11.8 Å². The van der Waals surface area contributed by atoms with E-state index in [-0.39, 0.29) is 24.1 Å². The van der Waals surface area contributed by atoms with Crippen molar-refractivity contribution in [3.05, 3.63) is 64.2 Å². The van der Waals surface area contributed by atoms with Crippen LogP contribution in [0.5, 0.6) is 0 Å². The van der Waals surface area contributed by atoms with Gasteiger partial charge in [0.15, 0.2) is 6.61 Å². The molecule has 0 fully saturated rings. The molecule has 0 unspecified atom stereocenters. The number of amides is 1. The van der Waals surface area contributed by atoms with Crippen LogP contribution in [0.25, 0.3) is 0 Å². The van der Waals surface area contributed by atoms with Crippen molar-refractivity contribution in [2.45, 2.75) is 25.7 Å². The monoisotopic (exact) mass is 429 g/mol. The summed E-state index contributed by atoms with van der Waals surface area (Å²) in [5.74, 6) is -0.825. The largest absolute Gasteiger partial charge is 0.454 e. The van der Waals surface area contributed by atoms with Gasteiger partial charge in [-0.2, -0.15) is 0 Å². The number of hydrogen-bond acceptors (Lipinski definition) is 6. The molecule has 0 heterocycles. The van der Waals surface area contributed by atoms with Gasteiger partial charge in [0.1, 0.15) is 0 Å². The maximum absolute atomic E-state index is 12.6. The number of carbonyl (C=O) groups excluding carboxylic acids is 3. The van der Waals surface area contributed by atoms with Crippen LogP contribution in [-0.4, -0.2) is 50.3 Å². The molecule has 0 aliphatic heterocycles. The minimum Gasteiger partial charge on any atom is -0.454 e. The van der Waals surface area contributed by atoms with Crippen molar-refractivity contribution in [2.75, 3.05) is 32.6 Å². The van der Waals surface area contributed by atoms with Crippen LogP contribution < -0.4 is 5.32 Å². The van der Waals surface area contributed by atoms with E-state index in [1.807, 2.05) is 32.9 Å². The average Bonchev–Trinajstić information content (AvgIpc) is 2.73. The van der Waals surface area contributed by atoms with E-state index in [0.717, 1.165) is 16.7 Å². The summed E-state index contributed by atoms with van der Waals surface area (Å²) in [5.41, 5.74) is 3.87. The summed E-state index contributed by atoms with van der Waals surface area (Å²) in [6, 6.07) is 10.7. The van der Waals surface area contributed by atoms with Crippen LogP contribution in [0.4, 0.5) is 0 Å². The molecule has 7 heteroatoms. The topological polar surface area (TPSA) is 81.7 Å². The Balaban J connectivity index is 1.98. The second-order valence-electron chi connectivity index (χ2n) is 6.88. The van der Waals surface area contributed by atoms with Gasteiger partial charge >= 0.3 is 5.97 Å². The van der Waals surface area contributed by atoms with Crippen molar-refractivity contribution in [3.8, 4) is 0 Å². The first-order valence-corrected chi connectivity index (χ1v) is 10.6. The van der Waals surface area contributed by atoms with Crippen molar-refractivity contribution in [1.82, 2.24) is 5.32 Å². The molecule has 0 aliphatic carbocycles. The standard InChI is InChI=1S/C23H27NO5S/c1-15-11-17(3)19(12-16(15)2)20(25)13-29-23(27)18-7-5-6-8-21(18)30-14-22(26)24-9-10-28-4/h5-8,11-12H,9-10,13-14H2,1-4H3,(H,24,26). The summed E-state index contributed by atoms with van der Waals surface area (Å²) < 4.78 is 10.2. The fourth-order valence-corrected chi connectivity index (χ4v) is 3.67. The van der Waals surface area contributed by atoms with Crippen LogP contribution in [0.2, 0.25) is 0 Å². The van der Waals surface area contributed by atoms with E-state index in [2.05, 4.69) is 5.32 Å². The molecule has 0 saturated carbocycles. The fraction of sp³-hybridized carbons (Fsp3) is 0.348. The van der Waals surface area contributed by atoms with E-state index in [9.17, 15) is 14.4 Å². The number of esters is 1. The number of thioether (sulfide) groups is 1. The number of rotatable bonds is 10. The van der Waals surface area contributed by atoms with Crippen LogP contribution in [0, 0.1) is 20.8 Å². The minimum absolute atomic E-state index is 0.152. The third kappa shape index (κ3) is 6.71. The highest BCUT2D eigenvalue weighted by molar-refractivity contribution is 8.00. The zero-order valence-electron chi connectivity index (χ0n) is 17.7. The van der Waals surface area contributed by atoms with Crippen LogP contribution in [0.3, 0.4) is 0 Å². The molecule has 1 amide bonds. The second kappa shape index (κ2) is 11.5. The van der Waals surface area contributed by atoms with Gasteiger partial charge in [-0.15, -0.1) is 11.8 Å². The van der Waals surface area contributed by atoms with Crippen LogP contribution in [-0.2, 0) is 14.3 Å². The number of nitrogens with one attached hydrogen (secondary N) is 1. The van der Waals surface area contributed by atoms with E-state index < -0.39 is 5.97 Å². The molecule has 2 aromatic rings. The lowest BCUT2D eigenvalue weighted by Gasteiger charge is -2.11. The second-order valence-corrected chi connectivity index (χ2v) is 7.90. The van der Waals surface area contributed by atoms with E-state index in [1.54, 1.807) is 31.4 Å². The van der Waals surface area contributed by atoms with Gasteiger partial charge in [-0.3, -0.25) is 9.59 Å². The van der Waals surface area contributed by atoms with E-state index in [4.69, 9.17) is 9.47 Å². The predicted octanol–water partition coefficient (Wildman–Crippen LogP) is 3.51. The van der Waals surface area contributed by atoms with Gasteiger partial charge in [0, 0.05) is 24.1 Å². The molecule has 0 spiro atoms. The molecular weight excluding hydrogens is 402 g/mol. The third-order valence-corrected chi connectivity index (χ3v) is 5.64. The fourth-order valence-electron chi connectivity index (χ4n) is 2.80.